The number of anilines is 1. The van der Waals surface area contributed by atoms with E-state index < -0.39 is 10.9 Å². The van der Waals surface area contributed by atoms with Gasteiger partial charge in [0.15, 0.2) is 6.20 Å². The molecule has 0 aliphatic heterocycles. The van der Waals surface area contributed by atoms with Gasteiger partial charge in [-0.2, -0.15) is 0 Å². The highest BCUT2D eigenvalue weighted by Crippen LogP contribution is 2.31. The van der Waals surface area contributed by atoms with Crippen molar-refractivity contribution in [1.29, 1.82) is 0 Å². The first kappa shape index (κ1) is 12.3. The van der Waals surface area contributed by atoms with Crippen molar-refractivity contribution in [2.45, 2.75) is 12.8 Å². The molecule has 7 nitrogen and oxygen atoms in total. The van der Waals surface area contributed by atoms with Crippen LogP contribution in [0.4, 0.5) is 11.5 Å². The van der Waals surface area contributed by atoms with Gasteiger partial charge in [0.25, 0.3) is 0 Å². The second-order valence-electron chi connectivity index (χ2n) is 4.35. The molecular weight excluding hydrogens is 238 g/mol. The van der Waals surface area contributed by atoms with E-state index in [1.54, 1.807) is 4.90 Å². The monoisotopic (exact) mass is 251 g/mol. The SMILES string of the molecule is O=C(O)CN(CC1CC1)c1ccc([N+](=O)[O-])nc1. The molecule has 1 aromatic rings. The van der Waals surface area contributed by atoms with Gasteiger partial charge in [0.2, 0.25) is 0 Å². The Morgan fingerprint density at radius 1 is 1.56 bits per heavy atom. The Balaban J connectivity index is 2.12. The maximum Gasteiger partial charge on any atom is 0.363 e. The predicted octanol–water partition coefficient (Wildman–Crippen LogP) is 1.29. The fourth-order valence-electron chi connectivity index (χ4n) is 1.71. The molecule has 1 heterocycles. The van der Waals surface area contributed by atoms with Crippen molar-refractivity contribution in [3.63, 3.8) is 0 Å². The molecule has 18 heavy (non-hydrogen) atoms. The first-order valence-electron chi connectivity index (χ1n) is 5.63. The molecular formula is C11H13N3O4. The Bertz CT molecular complexity index is 456. The number of carboxylic acid groups (broad SMARTS) is 1. The molecule has 0 amide bonds. The van der Waals surface area contributed by atoms with Crippen LogP contribution in [0.25, 0.3) is 0 Å². The number of nitrogens with zero attached hydrogens (tertiary/aromatic N) is 3. The summed E-state index contributed by atoms with van der Waals surface area (Å²) in [4.78, 5) is 26.1. The van der Waals surface area contributed by atoms with E-state index in [1.807, 2.05) is 0 Å². The van der Waals surface area contributed by atoms with Gasteiger partial charge in [-0.15, -0.1) is 0 Å². The minimum Gasteiger partial charge on any atom is -0.480 e. The number of carbonyl (C=O) groups is 1. The van der Waals surface area contributed by atoms with Crippen molar-refractivity contribution in [2.24, 2.45) is 5.92 Å². The highest BCUT2D eigenvalue weighted by atomic mass is 16.6. The molecule has 0 unspecified atom stereocenters. The number of hydrogen-bond donors (Lipinski definition) is 1. The summed E-state index contributed by atoms with van der Waals surface area (Å²) in [6.07, 6.45) is 3.57. The van der Waals surface area contributed by atoms with E-state index in [4.69, 9.17) is 5.11 Å². The topological polar surface area (TPSA) is 96.6 Å². The number of hydrogen-bond acceptors (Lipinski definition) is 5. The molecule has 0 saturated heterocycles. The standard InChI is InChI=1S/C11H13N3O4/c15-11(16)7-13(6-8-1-2-8)9-3-4-10(12-5-9)14(17)18/h3-5,8H,1-2,6-7H2,(H,15,16). The second kappa shape index (κ2) is 4.99. The van der Waals surface area contributed by atoms with Crippen molar-refractivity contribution >= 4 is 17.5 Å². The average molecular weight is 251 g/mol. The smallest absolute Gasteiger partial charge is 0.363 e. The molecule has 1 N–H and O–H groups in total. The van der Waals surface area contributed by atoms with E-state index in [0.29, 0.717) is 18.2 Å². The Hall–Kier alpha value is -2.18. The summed E-state index contributed by atoms with van der Waals surface area (Å²) in [5.41, 5.74) is 0.606. The van der Waals surface area contributed by atoms with Crippen LogP contribution in [0, 0.1) is 16.0 Å². The Kier molecular flexibility index (Phi) is 3.40. The lowest BCUT2D eigenvalue weighted by Crippen LogP contribution is -2.31. The average Bonchev–Trinajstić information content (AvgIpc) is 3.12. The summed E-state index contributed by atoms with van der Waals surface area (Å²) in [5.74, 6) is -0.631. The Morgan fingerprint density at radius 2 is 2.28 bits per heavy atom. The molecule has 1 fully saturated rings. The van der Waals surface area contributed by atoms with Gasteiger partial charge in [0.05, 0.1) is 5.69 Å². The molecule has 1 aliphatic rings. The zero-order valence-corrected chi connectivity index (χ0v) is 9.65. The fourth-order valence-corrected chi connectivity index (χ4v) is 1.71. The van der Waals surface area contributed by atoms with Crippen LogP contribution in [0.15, 0.2) is 18.3 Å². The van der Waals surface area contributed by atoms with Gasteiger partial charge >= 0.3 is 11.8 Å². The van der Waals surface area contributed by atoms with Crippen molar-refractivity contribution in [3.8, 4) is 0 Å². The maximum atomic E-state index is 10.8. The maximum absolute atomic E-state index is 10.8. The summed E-state index contributed by atoms with van der Waals surface area (Å²) in [7, 11) is 0. The number of aromatic nitrogens is 1. The van der Waals surface area contributed by atoms with Crippen LogP contribution < -0.4 is 4.90 Å². The van der Waals surface area contributed by atoms with Gasteiger partial charge in [-0.25, -0.2) is 0 Å². The number of rotatable bonds is 6. The molecule has 7 heteroatoms. The van der Waals surface area contributed by atoms with E-state index in [0.717, 1.165) is 12.8 Å². The van der Waals surface area contributed by atoms with Crippen molar-refractivity contribution < 1.29 is 14.8 Å². The lowest BCUT2D eigenvalue weighted by atomic mass is 10.3. The molecule has 0 atom stereocenters. The predicted molar refractivity (Wildman–Crippen MR) is 63.5 cm³/mol. The van der Waals surface area contributed by atoms with Gasteiger partial charge in [-0.3, -0.25) is 4.79 Å². The van der Waals surface area contributed by atoms with Crippen molar-refractivity contribution in [1.82, 2.24) is 4.98 Å². The third kappa shape index (κ3) is 3.16. The van der Waals surface area contributed by atoms with E-state index >= 15 is 0 Å². The summed E-state index contributed by atoms with van der Waals surface area (Å²) >= 11 is 0. The summed E-state index contributed by atoms with van der Waals surface area (Å²) in [6.45, 7) is 0.543. The molecule has 0 radical (unpaired) electrons. The fraction of sp³-hybridized carbons (Fsp3) is 0.455. The highest BCUT2D eigenvalue weighted by molar-refractivity contribution is 5.73. The van der Waals surface area contributed by atoms with Crippen molar-refractivity contribution in [2.75, 3.05) is 18.0 Å². The van der Waals surface area contributed by atoms with Crippen LogP contribution in [0.3, 0.4) is 0 Å². The quantitative estimate of drug-likeness (QED) is 0.604. The number of nitro groups is 1. The zero-order valence-electron chi connectivity index (χ0n) is 9.65. The van der Waals surface area contributed by atoms with Crippen LogP contribution in [-0.2, 0) is 4.79 Å². The molecule has 2 rings (SSSR count). The normalized spacial score (nSPS) is 14.2. The summed E-state index contributed by atoms with van der Waals surface area (Å²) < 4.78 is 0. The molecule has 1 aromatic heterocycles. The van der Waals surface area contributed by atoms with E-state index in [9.17, 15) is 14.9 Å². The third-order valence-corrected chi connectivity index (χ3v) is 2.79. The minimum atomic E-state index is -0.922. The van der Waals surface area contributed by atoms with E-state index in [-0.39, 0.29) is 12.4 Å². The van der Waals surface area contributed by atoms with Crippen LogP contribution in [0.2, 0.25) is 0 Å². The first-order chi connectivity index (χ1) is 8.56. The van der Waals surface area contributed by atoms with Crippen LogP contribution in [-0.4, -0.2) is 34.1 Å². The van der Waals surface area contributed by atoms with Gasteiger partial charge in [0.1, 0.15) is 6.54 Å². The third-order valence-electron chi connectivity index (χ3n) is 2.79. The summed E-state index contributed by atoms with van der Waals surface area (Å²) in [6, 6.07) is 2.83. The minimum absolute atomic E-state index is 0.115. The van der Waals surface area contributed by atoms with Crippen LogP contribution in [0.1, 0.15) is 12.8 Å². The van der Waals surface area contributed by atoms with Gasteiger partial charge in [-0.1, -0.05) is 0 Å². The molecule has 0 spiro atoms. The summed E-state index contributed by atoms with van der Waals surface area (Å²) in [5, 5.41) is 19.3. The Morgan fingerprint density at radius 3 is 2.72 bits per heavy atom. The highest BCUT2D eigenvalue weighted by Gasteiger charge is 2.26. The first-order valence-corrected chi connectivity index (χ1v) is 5.63. The largest absolute Gasteiger partial charge is 0.480 e. The second-order valence-corrected chi connectivity index (χ2v) is 4.35. The zero-order chi connectivity index (χ0) is 13.1. The van der Waals surface area contributed by atoms with E-state index in [2.05, 4.69) is 4.98 Å². The van der Waals surface area contributed by atoms with Gasteiger partial charge < -0.3 is 20.1 Å². The molecule has 1 aliphatic carbocycles. The Labute approximate surface area is 103 Å². The van der Waals surface area contributed by atoms with Crippen LogP contribution >= 0.6 is 0 Å². The molecule has 0 bridgehead atoms. The van der Waals surface area contributed by atoms with Crippen LogP contribution in [0.5, 0.6) is 0 Å². The lowest BCUT2D eigenvalue weighted by Gasteiger charge is -2.21. The molecule has 1 saturated carbocycles. The number of carboxylic acids is 1. The lowest BCUT2D eigenvalue weighted by molar-refractivity contribution is -0.389. The molecule has 96 valence electrons. The van der Waals surface area contributed by atoms with Gasteiger partial charge in [0, 0.05) is 12.6 Å². The van der Waals surface area contributed by atoms with E-state index in [1.165, 1.54) is 18.3 Å². The van der Waals surface area contributed by atoms with Gasteiger partial charge in [-0.05, 0) is 34.7 Å². The number of aliphatic carboxylic acids is 1. The van der Waals surface area contributed by atoms with Crippen molar-refractivity contribution in [3.05, 3.63) is 28.4 Å². The number of pyridine rings is 1. The molecule has 0 aromatic carbocycles.